The number of nitrogens with one attached hydrogen (secondary N) is 1. The highest BCUT2D eigenvalue weighted by Crippen LogP contribution is 2.26. The van der Waals surface area contributed by atoms with E-state index in [1.165, 1.54) is 12.8 Å². The maximum Gasteiger partial charge on any atom is 0.289 e. The number of hydrogen-bond acceptors (Lipinski definition) is 3. The molecule has 0 spiro atoms. The van der Waals surface area contributed by atoms with E-state index in [-0.39, 0.29) is 5.91 Å². The molecule has 0 aliphatic carbocycles. The monoisotopic (exact) mass is 234 g/mol. The molecule has 1 N–H and O–H groups in total. The van der Waals surface area contributed by atoms with Crippen LogP contribution < -0.4 is 5.32 Å². The quantitative estimate of drug-likeness (QED) is 0.799. The van der Waals surface area contributed by atoms with Gasteiger partial charge in [-0.25, -0.2) is 0 Å². The molecule has 1 aromatic heterocycles. The molecule has 17 heavy (non-hydrogen) atoms. The van der Waals surface area contributed by atoms with Crippen LogP contribution in [0, 0.1) is 12.8 Å². The number of piperidine rings is 1. The van der Waals surface area contributed by atoms with E-state index in [9.17, 15) is 4.79 Å². The highest BCUT2D eigenvalue weighted by atomic mass is 16.3. The van der Waals surface area contributed by atoms with Crippen LogP contribution in [0.5, 0.6) is 0 Å². The van der Waals surface area contributed by atoms with Crippen LogP contribution in [-0.2, 0) is 0 Å². The molecule has 1 amide bonds. The molecule has 0 saturated carbocycles. The summed E-state index contributed by atoms with van der Waals surface area (Å²) in [4.78, 5) is 14.2. The number of nitrogens with zero attached hydrogens (tertiary/aromatic N) is 1. The number of hydrogen-bond donors (Lipinski definition) is 1. The van der Waals surface area contributed by atoms with E-state index in [0.29, 0.717) is 17.7 Å². The summed E-state index contributed by atoms with van der Waals surface area (Å²) in [7, 11) is 0. The van der Waals surface area contributed by atoms with Gasteiger partial charge < -0.3 is 14.6 Å². The van der Waals surface area contributed by atoms with Gasteiger partial charge in [0.25, 0.3) is 5.91 Å². The SMILES string of the molecule is Cc1ccoc1C(=O)N1CC2CCCNC2C1. The van der Waals surface area contributed by atoms with Gasteiger partial charge in [0.1, 0.15) is 0 Å². The minimum atomic E-state index is 0.0451. The molecule has 0 radical (unpaired) electrons. The van der Waals surface area contributed by atoms with Gasteiger partial charge in [0.15, 0.2) is 5.76 Å². The summed E-state index contributed by atoms with van der Waals surface area (Å²) in [5.41, 5.74) is 0.929. The summed E-state index contributed by atoms with van der Waals surface area (Å²) in [5.74, 6) is 1.18. The minimum Gasteiger partial charge on any atom is -0.459 e. The highest BCUT2D eigenvalue weighted by molar-refractivity contribution is 5.93. The number of amides is 1. The summed E-state index contributed by atoms with van der Waals surface area (Å²) < 4.78 is 5.28. The van der Waals surface area contributed by atoms with Crippen LogP contribution in [0.25, 0.3) is 0 Å². The van der Waals surface area contributed by atoms with E-state index in [1.807, 2.05) is 17.9 Å². The third kappa shape index (κ3) is 1.86. The fraction of sp³-hybridized carbons (Fsp3) is 0.615. The zero-order chi connectivity index (χ0) is 11.8. The number of carbonyl (C=O) groups is 1. The molecule has 2 fully saturated rings. The Morgan fingerprint density at radius 2 is 2.41 bits per heavy atom. The van der Waals surface area contributed by atoms with E-state index in [4.69, 9.17) is 4.42 Å². The first-order valence-electron chi connectivity index (χ1n) is 6.32. The Morgan fingerprint density at radius 3 is 3.12 bits per heavy atom. The van der Waals surface area contributed by atoms with Crippen molar-refractivity contribution >= 4 is 5.91 Å². The average Bonchev–Trinajstić information content (AvgIpc) is 2.93. The summed E-state index contributed by atoms with van der Waals surface area (Å²) in [6.45, 7) is 4.70. The molecule has 0 bridgehead atoms. The number of aryl methyl sites for hydroxylation is 1. The fourth-order valence-corrected chi connectivity index (χ4v) is 2.95. The molecule has 2 aliphatic heterocycles. The molecule has 1 aromatic rings. The lowest BCUT2D eigenvalue weighted by Gasteiger charge is -2.24. The maximum absolute atomic E-state index is 12.3. The van der Waals surface area contributed by atoms with E-state index < -0.39 is 0 Å². The molecule has 3 rings (SSSR count). The van der Waals surface area contributed by atoms with Gasteiger partial charge in [0, 0.05) is 24.7 Å². The Morgan fingerprint density at radius 1 is 1.53 bits per heavy atom. The van der Waals surface area contributed by atoms with Crippen molar-refractivity contribution in [2.45, 2.75) is 25.8 Å². The van der Waals surface area contributed by atoms with Crippen molar-refractivity contribution in [1.82, 2.24) is 10.2 Å². The number of rotatable bonds is 1. The molecule has 4 nitrogen and oxygen atoms in total. The van der Waals surface area contributed by atoms with Crippen LogP contribution in [0.4, 0.5) is 0 Å². The fourth-order valence-electron chi connectivity index (χ4n) is 2.95. The Balaban J connectivity index is 1.74. The van der Waals surface area contributed by atoms with Crippen LogP contribution in [0.1, 0.15) is 29.0 Å². The van der Waals surface area contributed by atoms with Crippen molar-refractivity contribution in [2.75, 3.05) is 19.6 Å². The van der Waals surface area contributed by atoms with Gasteiger partial charge in [-0.05, 0) is 38.3 Å². The van der Waals surface area contributed by atoms with Crippen molar-refractivity contribution in [1.29, 1.82) is 0 Å². The van der Waals surface area contributed by atoms with Crippen molar-refractivity contribution in [3.8, 4) is 0 Å². The first-order valence-corrected chi connectivity index (χ1v) is 6.32. The molecule has 92 valence electrons. The molecule has 4 heteroatoms. The van der Waals surface area contributed by atoms with Crippen LogP contribution in [0.3, 0.4) is 0 Å². The third-order valence-corrected chi connectivity index (χ3v) is 3.94. The zero-order valence-electron chi connectivity index (χ0n) is 10.1. The Bertz CT molecular complexity index is 413. The van der Waals surface area contributed by atoms with Gasteiger partial charge in [0.05, 0.1) is 6.26 Å². The minimum absolute atomic E-state index is 0.0451. The van der Waals surface area contributed by atoms with Gasteiger partial charge >= 0.3 is 0 Å². The van der Waals surface area contributed by atoms with E-state index in [0.717, 1.165) is 25.2 Å². The van der Waals surface area contributed by atoms with Crippen molar-refractivity contribution < 1.29 is 9.21 Å². The second-order valence-corrected chi connectivity index (χ2v) is 5.11. The standard InChI is InChI=1S/C13H18N2O2/c1-9-4-6-17-12(9)13(16)15-7-10-3-2-5-14-11(10)8-15/h4,6,10-11,14H,2-3,5,7-8H2,1H3. The van der Waals surface area contributed by atoms with Gasteiger partial charge in [0.2, 0.25) is 0 Å². The molecular formula is C13H18N2O2. The summed E-state index contributed by atoms with van der Waals surface area (Å²) in [5, 5.41) is 3.50. The molecule has 2 atom stereocenters. The van der Waals surface area contributed by atoms with Crippen molar-refractivity contribution in [3.63, 3.8) is 0 Å². The summed E-state index contributed by atoms with van der Waals surface area (Å²) in [6.07, 6.45) is 4.05. The van der Waals surface area contributed by atoms with Crippen LogP contribution in [0.2, 0.25) is 0 Å². The van der Waals surface area contributed by atoms with Gasteiger partial charge in [-0.3, -0.25) is 4.79 Å². The smallest absolute Gasteiger partial charge is 0.289 e. The lowest BCUT2D eigenvalue weighted by atomic mass is 9.94. The summed E-state index contributed by atoms with van der Waals surface area (Å²) >= 11 is 0. The molecule has 2 unspecified atom stereocenters. The molecule has 2 aliphatic rings. The van der Waals surface area contributed by atoms with Gasteiger partial charge in [-0.15, -0.1) is 0 Å². The molecule has 2 saturated heterocycles. The third-order valence-electron chi connectivity index (χ3n) is 3.94. The number of carbonyl (C=O) groups excluding carboxylic acids is 1. The zero-order valence-corrected chi connectivity index (χ0v) is 10.1. The normalized spacial score (nSPS) is 28.2. The highest BCUT2D eigenvalue weighted by Gasteiger charge is 2.37. The van der Waals surface area contributed by atoms with Crippen LogP contribution in [-0.4, -0.2) is 36.5 Å². The van der Waals surface area contributed by atoms with Gasteiger partial charge in [-0.2, -0.15) is 0 Å². The van der Waals surface area contributed by atoms with E-state index in [2.05, 4.69) is 5.32 Å². The second-order valence-electron chi connectivity index (χ2n) is 5.11. The number of furan rings is 1. The molecular weight excluding hydrogens is 216 g/mol. The van der Waals surface area contributed by atoms with E-state index >= 15 is 0 Å². The second kappa shape index (κ2) is 4.18. The average molecular weight is 234 g/mol. The van der Waals surface area contributed by atoms with E-state index in [1.54, 1.807) is 6.26 Å². The Hall–Kier alpha value is -1.29. The Kier molecular flexibility index (Phi) is 2.67. The molecule has 3 heterocycles. The number of fused-ring (bicyclic) bond motifs is 1. The molecule has 0 aromatic carbocycles. The first kappa shape index (κ1) is 10.8. The summed E-state index contributed by atoms with van der Waals surface area (Å²) in [6, 6.07) is 2.33. The van der Waals surface area contributed by atoms with Crippen LogP contribution in [0.15, 0.2) is 16.7 Å². The van der Waals surface area contributed by atoms with Crippen molar-refractivity contribution in [2.24, 2.45) is 5.92 Å². The first-order chi connectivity index (χ1) is 8.25. The van der Waals surface area contributed by atoms with Gasteiger partial charge in [-0.1, -0.05) is 0 Å². The topological polar surface area (TPSA) is 45.5 Å². The largest absolute Gasteiger partial charge is 0.459 e. The van der Waals surface area contributed by atoms with Crippen molar-refractivity contribution in [3.05, 3.63) is 23.7 Å². The lowest BCUT2D eigenvalue weighted by Crippen LogP contribution is -2.41. The predicted molar refractivity (Wildman–Crippen MR) is 63.9 cm³/mol. The number of likely N-dealkylation sites (tertiary alicyclic amines) is 1. The van der Waals surface area contributed by atoms with Crippen LogP contribution >= 0.6 is 0 Å². The predicted octanol–water partition coefficient (Wildman–Crippen LogP) is 1.41. The Labute approximate surface area is 101 Å². The lowest BCUT2D eigenvalue weighted by molar-refractivity contribution is 0.0753. The maximum atomic E-state index is 12.3.